The van der Waals surface area contributed by atoms with E-state index < -0.39 is 0 Å². The summed E-state index contributed by atoms with van der Waals surface area (Å²) in [4.78, 5) is 16.5. The SMILES string of the molecule is CCC(C(=O)Cc1ccccn1)c1ccccc1. The first-order chi connectivity index (χ1) is 8.81. The van der Waals surface area contributed by atoms with Crippen LogP contribution in [0.4, 0.5) is 0 Å². The summed E-state index contributed by atoms with van der Waals surface area (Å²) in [7, 11) is 0. The summed E-state index contributed by atoms with van der Waals surface area (Å²) in [6.07, 6.45) is 2.97. The zero-order valence-corrected chi connectivity index (χ0v) is 10.5. The number of carbonyl (C=O) groups is 1. The molecule has 1 atom stereocenters. The molecule has 0 fully saturated rings. The summed E-state index contributed by atoms with van der Waals surface area (Å²) in [6.45, 7) is 2.05. The smallest absolute Gasteiger partial charge is 0.146 e. The third-order valence-electron chi connectivity index (χ3n) is 3.08. The van der Waals surface area contributed by atoms with Crippen LogP contribution in [0.5, 0.6) is 0 Å². The highest BCUT2D eigenvalue weighted by Gasteiger charge is 2.18. The fourth-order valence-corrected chi connectivity index (χ4v) is 2.14. The molecule has 18 heavy (non-hydrogen) atoms. The zero-order chi connectivity index (χ0) is 12.8. The lowest BCUT2D eigenvalue weighted by atomic mass is 9.90. The van der Waals surface area contributed by atoms with E-state index in [1.165, 1.54) is 0 Å². The normalized spacial score (nSPS) is 12.1. The van der Waals surface area contributed by atoms with Crippen LogP contribution in [-0.4, -0.2) is 10.8 Å². The third kappa shape index (κ3) is 3.04. The van der Waals surface area contributed by atoms with E-state index in [1.54, 1.807) is 6.20 Å². The maximum absolute atomic E-state index is 12.3. The number of pyridine rings is 1. The van der Waals surface area contributed by atoms with Crippen LogP contribution in [0.2, 0.25) is 0 Å². The number of carbonyl (C=O) groups excluding carboxylic acids is 1. The van der Waals surface area contributed by atoms with Crippen LogP contribution in [0, 0.1) is 0 Å². The molecule has 0 spiro atoms. The van der Waals surface area contributed by atoms with E-state index in [4.69, 9.17) is 0 Å². The monoisotopic (exact) mass is 239 g/mol. The molecule has 2 rings (SSSR count). The van der Waals surface area contributed by atoms with Crippen LogP contribution < -0.4 is 0 Å². The molecule has 1 aromatic carbocycles. The van der Waals surface area contributed by atoms with Gasteiger partial charge in [0.25, 0.3) is 0 Å². The summed E-state index contributed by atoms with van der Waals surface area (Å²) in [5.41, 5.74) is 1.94. The zero-order valence-electron chi connectivity index (χ0n) is 10.5. The Morgan fingerprint density at radius 2 is 1.83 bits per heavy atom. The van der Waals surface area contributed by atoms with Crippen LogP contribution in [-0.2, 0) is 11.2 Å². The molecular weight excluding hydrogens is 222 g/mol. The average molecular weight is 239 g/mol. The largest absolute Gasteiger partial charge is 0.299 e. The lowest BCUT2D eigenvalue weighted by Gasteiger charge is -2.13. The number of aromatic nitrogens is 1. The average Bonchev–Trinajstić information content (AvgIpc) is 2.42. The topological polar surface area (TPSA) is 30.0 Å². The number of hydrogen-bond acceptors (Lipinski definition) is 2. The van der Waals surface area contributed by atoms with E-state index in [-0.39, 0.29) is 11.7 Å². The van der Waals surface area contributed by atoms with Gasteiger partial charge in [-0.25, -0.2) is 0 Å². The van der Waals surface area contributed by atoms with Crippen molar-refractivity contribution in [1.82, 2.24) is 4.98 Å². The van der Waals surface area contributed by atoms with Crippen LogP contribution in [0.3, 0.4) is 0 Å². The molecule has 0 saturated heterocycles. The van der Waals surface area contributed by atoms with Gasteiger partial charge in [0.1, 0.15) is 5.78 Å². The Labute approximate surface area is 108 Å². The van der Waals surface area contributed by atoms with Gasteiger partial charge in [0.2, 0.25) is 0 Å². The minimum absolute atomic E-state index is 0.0202. The molecule has 0 aliphatic rings. The van der Waals surface area contributed by atoms with Gasteiger partial charge in [-0.15, -0.1) is 0 Å². The first-order valence-corrected chi connectivity index (χ1v) is 6.29. The summed E-state index contributed by atoms with van der Waals surface area (Å²) >= 11 is 0. The Kier molecular flexibility index (Phi) is 4.24. The van der Waals surface area contributed by atoms with E-state index in [9.17, 15) is 4.79 Å². The fraction of sp³-hybridized carbons (Fsp3) is 0.250. The van der Waals surface area contributed by atoms with Crippen molar-refractivity contribution in [2.45, 2.75) is 25.7 Å². The molecule has 1 heterocycles. The first-order valence-electron chi connectivity index (χ1n) is 6.29. The summed E-state index contributed by atoms with van der Waals surface area (Å²) in [5, 5.41) is 0. The van der Waals surface area contributed by atoms with Crippen LogP contribution in [0.1, 0.15) is 30.5 Å². The second-order valence-electron chi connectivity index (χ2n) is 4.34. The van der Waals surface area contributed by atoms with Gasteiger partial charge in [-0.2, -0.15) is 0 Å². The maximum Gasteiger partial charge on any atom is 0.146 e. The number of hydrogen-bond donors (Lipinski definition) is 0. The van der Waals surface area contributed by atoms with Crippen molar-refractivity contribution in [3.8, 4) is 0 Å². The molecule has 0 saturated carbocycles. The molecule has 0 N–H and O–H groups in total. The highest BCUT2D eigenvalue weighted by molar-refractivity contribution is 5.87. The van der Waals surface area contributed by atoms with Crippen molar-refractivity contribution < 1.29 is 4.79 Å². The van der Waals surface area contributed by atoms with Gasteiger partial charge in [0, 0.05) is 24.2 Å². The van der Waals surface area contributed by atoms with Crippen molar-refractivity contribution in [2.75, 3.05) is 0 Å². The van der Waals surface area contributed by atoms with Gasteiger partial charge in [-0.1, -0.05) is 43.3 Å². The van der Waals surface area contributed by atoms with Crippen molar-refractivity contribution in [2.24, 2.45) is 0 Å². The molecule has 0 aliphatic heterocycles. The van der Waals surface area contributed by atoms with E-state index in [0.29, 0.717) is 6.42 Å². The second kappa shape index (κ2) is 6.10. The van der Waals surface area contributed by atoms with E-state index in [1.807, 2.05) is 55.5 Å². The Morgan fingerprint density at radius 3 is 2.44 bits per heavy atom. The van der Waals surface area contributed by atoms with Crippen molar-refractivity contribution in [3.05, 3.63) is 66.0 Å². The number of Topliss-reactive ketones (excluding diaryl/α,β-unsaturated/α-hetero) is 1. The molecule has 0 bridgehead atoms. The Bertz CT molecular complexity index is 493. The predicted octanol–water partition coefficient (Wildman–Crippen LogP) is 3.39. The summed E-state index contributed by atoms with van der Waals surface area (Å²) in [6, 6.07) is 15.6. The Hall–Kier alpha value is -1.96. The maximum atomic E-state index is 12.3. The van der Waals surface area contributed by atoms with Gasteiger partial charge in [-0.05, 0) is 24.1 Å². The molecule has 0 amide bonds. The lowest BCUT2D eigenvalue weighted by molar-refractivity contribution is -0.120. The van der Waals surface area contributed by atoms with Crippen LogP contribution in [0.15, 0.2) is 54.7 Å². The molecule has 0 radical (unpaired) electrons. The Balaban J connectivity index is 2.12. The molecule has 2 heteroatoms. The van der Waals surface area contributed by atoms with Crippen molar-refractivity contribution in [3.63, 3.8) is 0 Å². The number of ketones is 1. The number of rotatable bonds is 5. The molecule has 1 unspecified atom stereocenters. The Morgan fingerprint density at radius 1 is 1.11 bits per heavy atom. The highest BCUT2D eigenvalue weighted by atomic mass is 16.1. The quantitative estimate of drug-likeness (QED) is 0.800. The minimum Gasteiger partial charge on any atom is -0.299 e. The predicted molar refractivity (Wildman–Crippen MR) is 72.4 cm³/mol. The number of nitrogens with zero attached hydrogens (tertiary/aromatic N) is 1. The fourth-order valence-electron chi connectivity index (χ4n) is 2.14. The molecule has 2 nitrogen and oxygen atoms in total. The van der Waals surface area contributed by atoms with Gasteiger partial charge in [-0.3, -0.25) is 9.78 Å². The first kappa shape index (κ1) is 12.5. The second-order valence-corrected chi connectivity index (χ2v) is 4.34. The van der Waals surface area contributed by atoms with Gasteiger partial charge in [0.15, 0.2) is 0 Å². The van der Waals surface area contributed by atoms with Gasteiger partial charge >= 0.3 is 0 Å². The van der Waals surface area contributed by atoms with Crippen molar-refractivity contribution >= 4 is 5.78 Å². The molecular formula is C16H17NO. The van der Waals surface area contributed by atoms with Crippen LogP contribution in [0.25, 0.3) is 0 Å². The molecule has 92 valence electrons. The van der Waals surface area contributed by atoms with Gasteiger partial charge in [0.05, 0.1) is 0 Å². The number of benzene rings is 1. The summed E-state index contributed by atoms with van der Waals surface area (Å²) < 4.78 is 0. The highest BCUT2D eigenvalue weighted by Crippen LogP contribution is 2.21. The lowest BCUT2D eigenvalue weighted by Crippen LogP contribution is -2.15. The van der Waals surface area contributed by atoms with E-state index in [0.717, 1.165) is 17.7 Å². The minimum atomic E-state index is -0.0202. The molecule has 1 aromatic heterocycles. The summed E-state index contributed by atoms with van der Waals surface area (Å²) in [5.74, 6) is 0.218. The van der Waals surface area contributed by atoms with E-state index >= 15 is 0 Å². The van der Waals surface area contributed by atoms with Gasteiger partial charge < -0.3 is 0 Å². The van der Waals surface area contributed by atoms with Crippen LogP contribution >= 0.6 is 0 Å². The van der Waals surface area contributed by atoms with Crippen molar-refractivity contribution in [1.29, 1.82) is 0 Å². The third-order valence-corrected chi connectivity index (χ3v) is 3.08. The standard InChI is InChI=1S/C16H17NO/c1-2-15(13-8-4-3-5-9-13)16(18)12-14-10-6-7-11-17-14/h3-11,15H,2,12H2,1H3. The van der Waals surface area contributed by atoms with E-state index in [2.05, 4.69) is 4.98 Å². The molecule has 0 aliphatic carbocycles. The molecule has 2 aromatic rings.